The maximum absolute atomic E-state index is 10.5. The first kappa shape index (κ1) is 8.16. The highest BCUT2D eigenvalue weighted by atomic mass is 27.1. The van der Waals surface area contributed by atoms with Crippen molar-refractivity contribution in [1.29, 1.82) is 0 Å². The molecular weight excluding hydrogens is 119 g/mol. The van der Waals surface area contributed by atoms with E-state index in [2.05, 4.69) is 0 Å². The van der Waals surface area contributed by atoms with Gasteiger partial charge in [-0.15, -0.1) is 0 Å². The summed E-state index contributed by atoms with van der Waals surface area (Å²) >= 11 is -0.206. The van der Waals surface area contributed by atoms with Gasteiger partial charge in [0.25, 0.3) is 0 Å². The first-order chi connectivity index (χ1) is 3.39. The fourth-order valence-electron chi connectivity index (χ4n) is 0.946. The smallest absolute Gasteiger partial charge is 0.342 e. The van der Waals surface area contributed by atoms with Gasteiger partial charge in [-0.25, -0.2) is 0 Å². The number of hydrogen-bond donors (Lipinski definition) is 0. The maximum Gasteiger partial charge on any atom is 0.342 e. The van der Waals surface area contributed by atoms with E-state index >= 15 is 0 Å². The van der Waals surface area contributed by atoms with Crippen LogP contribution in [0.4, 0.5) is 0 Å². The summed E-state index contributed by atoms with van der Waals surface area (Å²) < 4.78 is 0.603. The second kappa shape index (κ2) is 4.08. The van der Waals surface area contributed by atoms with Gasteiger partial charge in [0.1, 0.15) is 0 Å². The normalized spacial score (nSPS) is 18.8. The molecule has 0 atom stereocenters. The molecule has 0 spiro atoms. The van der Waals surface area contributed by atoms with Crippen molar-refractivity contribution in [2.24, 2.45) is 0 Å². The minimum atomic E-state index is -0.206. The first-order valence-corrected chi connectivity index (χ1v) is 4.62. The van der Waals surface area contributed by atoms with Crippen molar-refractivity contribution in [2.45, 2.75) is 24.5 Å². The fourth-order valence-corrected chi connectivity index (χ4v) is 2.44. The highest BCUT2D eigenvalue weighted by molar-refractivity contribution is 6.74. The molecule has 0 radical (unpaired) electrons. The third kappa shape index (κ3) is 2.47. The Bertz CT molecular complexity index is 74.5. The number of carbonyl (C=O) groups excluding carboxylic acids is 1. The summed E-state index contributed by atoms with van der Waals surface area (Å²) in [6.07, 6.45) is 3.41. The van der Waals surface area contributed by atoms with E-state index in [-0.39, 0.29) is 20.7 Å². The Labute approximate surface area is 55.3 Å². The second-order valence-electron chi connectivity index (χ2n) is 2.10. The zero-order valence-electron chi connectivity index (χ0n) is 4.94. The van der Waals surface area contributed by atoms with E-state index in [4.69, 9.17) is 0 Å². The molecule has 3 heteroatoms. The predicted octanol–water partition coefficient (Wildman–Crippen LogP) is -0.273. The molecule has 1 rings (SSSR count). The van der Waals surface area contributed by atoms with Gasteiger partial charge in [-0.1, -0.05) is 11.7 Å². The SMILES string of the molecule is O.O=[C]1CCC[CH2][AlH]1. The topological polar surface area (TPSA) is 48.6 Å². The quantitative estimate of drug-likeness (QED) is 0.416. The Morgan fingerprint density at radius 3 is 2.38 bits per heavy atom. The summed E-state index contributed by atoms with van der Waals surface area (Å²) in [7, 11) is 0. The van der Waals surface area contributed by atoms with Crippen LogP contribution < -0.4 is 0 Å². The molecule has 0 aliphatic carbocycles. The van der Waals surface area contributed by atoms with Crippen molar-refractivity contribution in [2.75, 3.05) is 0 Å². The van der Waals surface area contributed by atoms with Gasteiger partial charge in [0.15, 0.2) is 0 Å². The predicted molar refractivity (Wildman–Crippen MR) is 34.4 cm³/mol. The van der Waals surface area contributed by atoms with Crippen molar-refractivity contribution in [1.82, 2.24) is 0 Å². The average Bonchev–Trinajstić information content (AvgIpc) is 1.69. The molecule has 2 N–H and O–H groups in total. The van der Waals surface area contributed by atoms with Crippen LogP contribution in [0.25, 0.3) is 0 Å². The van der Waals surface area contributed by atoms with Crippen LogP contribution in [0, 0.1) is 0 Å². The van der Waals surface area contributed by atoms with E-state index in [0.29, 0.717) is 4.65 Å². The van der Waals surface area contributed by atoms with Gasteiger partial charge in [0.05, 0.1) is 0 Å². The number of rotatable bonds is 0. The van der Waals surface area contributed by atoms with Gasteiger partial charge in [-0.3, -0.25) is 0 Å². The lowest BCUT2D eigenvalue weighted by Gasteiger charge is -2.03. The molecule has 1 fully saturated rings. The zero-order chi connectivity index (χ0) is 5.11. The van der Waals surface area contributed by atoms with Crippen LogP contribution >= 0.6 is 0 Å². The third-order valence-electron chi connectivity index (χ3n) is 1.41. The average molecular weight is 130 g/mol. The van der Waals surface area contributed by atoms with E-state index < -0.39 is 0 Å². The molecular formula is C5H11AlO2. The van der Waals surface area contributed by atoms with Crippen LogP contribution in [0.15, 0.2) is 0 Å². The van der Waals surface area contributed by atoms with Crippen LogP contribution in [0.5, 0.6) is 0 Å². The monoisotopic (exact) mass is 130 g/mol. The molecule has 0 amide bonds. The lowest BCUT2D eigenvalue weighted by atomic mass is 10.3. The minimum Gasteiger partial charge on any atom is -0.412 e. The molecule has 0 aromatic carbocycles. The summed E-state index contributed by atoms with van der Waals surface area (Å²) in [6.45, 7) is 0. The van der Waals surface area contributed by atoms with Crippen molar-refractivity contribution >= 4 is 19.9 Å². The summed E-state index contributed by atoms with van der Waals surface area (Å²) in [4.78, 5) is 10.5. The largest absolute Gasteiger partial charge is 0.412 e. The van der Waals surface area contributed by atoms with E-state index in [1.165, 1.54) is 18.1 Å². The third-order valence-corrected chi connectivity index (χ3v) is 3.18. The molecule has 0 unspecified atom stereocenters. The zero-order valence-corrected chi connectivity index (χ0v) is 6.36. The van der Waals surface area contributed by atoms with Crippen molar-refractivity contribution in [3.8, 4) is 0 Å². The molecule has 1 heterocycles. The molecule has 0 bridgehead atoms. The second-order valence-corrected chi connectivity index (χ2v) is 4.10. The highest BCUT2D eigenvalue weighted by Gasteiger charge is 2.09. The summed E-state index contributed by atoms with van der Waals surface area (Å²) in [6, 6.07) is 0. The van der Waals surface area contributed by atoms with Crippen molar-refractivity contribution in [3.63, 3.8) is 0 Å². The molecule has 8 heavy (non-hydrogen) atoms. The van der Waals surface area contributed by atoms with Crippen LogP contribution in [0.3, 0.4) is 0 Å². The Morgan fingerprint density at radius 2 is 2.12 bits per heavy atom. The maximum atomic E-state index is 10.5. The lowest BCUT2D eigenvalue weighted by molar-refractivity contribution is -0.112. The Hall–Kier alpha value is 0.162. The van der Waals surface area contributed by atoms with Crippen LogP contribution in [-0.2, 0) is 4.79 Å². The van der Waals surface area contributed by atoms with E-state index in [1.54, 1.807) is 0 Å². The lowest BCUT2D eigenvalue weighted by Crippen LogP contribution is -2.12. The number of carbonyl (C=O) groups is 1. The Balaban J connectivity index is 0.000000490. The van der Waals surface area contributed by atoms with E-state index in [0.717, 1.165) is 6.42 Å². The first-order valence-electron chi connectivity index (χ1n) is 2.91. The highest BCUT2D eigenvalue weighted by Crippen LogP contribution is 2.06. The van der Waals surface area contributed by atoms with Gasteiger partial charge >= 0.3 is 15.2 Å². The molecule has 0 saturated carbocycles. The Kier molecular flexibility index (Phi) is 4.17. The van der Waals surface area contributed by atoms with Gasteiger partial charge in [0, 0.05) is 4.65 Å². The molecule has 46 valence electrons. The molecule has 0 aromatic rings. The van der Waals surface area contributed by atoms with Gasteiger partial charge in [-0.2, -0.15) is 0 Å². The van der Waals surface area contributed by atoms with Gasteiger partial charge in [-0.05, 0) is 12.8 Å². The van der Waals surface area contributed by atoms with Crippen LogP contribution in [0.1, 0.15) is 19.3 Å². The molecule has 1 aliphatic rings. The molecule has 1 aliphatic heterocycles. The van der Waals surface area contributed by atoms with Crippen LogP contribution in [-0.4, -0.2) is 25.3 Å². The molecule has 0 aromatic heterocycles. The van der Waals surface area contributed by atoms with Gasteiger partial charge < -0.3 is 10.3 Å². The van der Waals surface area contributed by atoms with Crippen LogP contribution in [0.2, 0.25) is 5.28 Å². The molecule has 2 nitrogen and oxygen atoms in total. The summed E-state index contributed by atoms with van der Waals surface area (Å²) in [5, 5.41) is 1.28. The minimum absolute atomic E-state index is 0. The van der Waals surface area contributed by atoms with Crippen molar-refractivity contribution in [3.05, 3.63) is 0 Å². The van der Waals surface area contributed by atoms with Crippen molar-refractivity contribution < 1.29 is 10.3 Å². The number of hydrogen-bond acceptors (Lipinski definition) is 1. The van der Waals surface area contributed by atoms with E-state index in [1.807, 2.05) is 0 Å². The van der Waals surface area contributed by atoms with Gasteiger partial charge in [0.2, 0.25) is 0 Å². The summed E-state index contributed by atoms with van der Waals surface area (Å²) in [5.41, 5.74) is 0. The summed E-state index contributed by atoms with van der Waals surface area (Å²) in [5.74, 6) is 0. The Morgan fingerprint density at radius 1 is 1.38 bits per heavy atom. The standard InChI is InChI=1S/C5H8O.Al.H2O.H/c1-2-3-4-5-6;;;/h1-4H2;;1H2;. The fraction of sp³-hybridized carbons (Fsp3) is 0.800. The molecule has 1 saturated heterocycles. The van der Waals surface area contributed by atoms with E-state index in [9.17, 15) is 4.79 Å².